The summed E-state index contributed by atoms with van der Waals surface area (Å²) in [7, 11) is 0. The average molecular weight is 181 g/mol. The zero-order chi connectivity index (χ0) is 9.00. The summed E-state index contributed by atoms with van der Waals surface area (Å²) in [4.78, 5) is 13.8. The highest BCUT2D eigenvalue weighted by atomic mass is 16.3. The Morgan fingerprint density at radius 2 is 1.77 bits per heavy atom. The van der Waals surface area contributed by atoms with E-state index in [0.717, 1.165) is 25.7 Å². The Labute approximate surface area is 77.7 Å². The van der Waals surface area contributed by atoms with E-state index in [1.54, 1.807) is 0 Å². The van der Waals surface area contributed by atoms with Crippen LogP contribution in [-0.2, 0) is 4.79 Å². The molecule has 0 radical (unpaired) electrons. The monoisotopic (exact) mass is 181 g/mol. The SMILES string of the molecule is O=C1CN2[C@H]3CC(O)C[C@H]2CC1C3. The average Bonchev–Trinajstić information content (AvgIpc) is 2.04. The van der Waals surface area contributed by atoms with Gasteiger partial charge in [-0.15, -0.1) is 0 Å². The molecule has 4 fully saturated rings. The van der Waals surface area contributed by atoms with Crippen LogP contribution >= 0.6 is 0 Å². The summed E-state index contributed by atoms with van der Waals surface area (Å²) in [6, 6.07) is 1.01. The molecule has 0 aromatic rings. The molecular weight excluding hydrogens is 166 g/mol. The van der Waals surface area contributed by atoms with Gasteiger partial charge in [0.15, 0.2) is 0 Å². The number of Topliss-reactive ketones (excluding diaryl/α,β-unsaturated/α-hetero) is 1. The van der Waals surface area contributed by atoms with E-state index >= 15 is 0 Å². The van der Waals surface area contributed by atoms with Crippen LogP contribution < -0.4 is 0 Å². The Bertz CT molecular complexity index is 237. The summed E-state index contributed by atoms with van der Waals surface area (Å²) in [6.45, 7) is 0.659. The molecule has 4 aliphatic heterocycles. The molecule has 3 nitrogen and oxygen atoms in total. The predicted molar refractivity (Wildman–Crippen MR) is 47.3 cm³/mol. The molecule has 4 saturated heterocycles. The molecule has 0 amide bonds. The summed E-state index contributed by atoms with van der Waals surface area (Å²) in [6.07, 6.45) is 3.68. The number of aliphatic hydroxyl groups excluding tert-OH is 1. The minimum absolute atomic E-state index is 0.111. The van der Waals surface area contributed by atoms with Gasteiger partial charge in [0.05, 0.1) is 12.6 Å². The Balaban J connectivity index is 1.87. The minimum atomic E-state index is -0.111. The van der Waals surface area contributed by atoms with Crippen molar-refractivity contribution in [3.8, 4) is 0 Å². The summed E-state index contributed by atoms with van der Waals surface area (Å²) < 4.78 is 0. The Morgan fingerprint density at radius 1 is 1.15 bits per heavy atom. The third kappa shape index (κ3) is 1.07. The normalized spacial score (nSPS) is 53.9. The topological polar surface area (TPSA) is 40.5 Å². The van der Waals surface area contributed by atoms with E-state index in [-0.39, 0.29) is 6.10 Å². The molecule has 0 spiro atoms. The van der Waals surface area contributed by atoms with Crippen molar-refractivity contribution < 1.29 is 9.90 Å². The number of hydrogen-bond acceptors (Lipinski definition) is 3. The van der Waals surface area contributed by atoms with Crippen LogP contribution in [0.15, 0.2) is 0 Å². The molecule has 0 unspecified atom stereocenters. The van der Waals surface area contributed by atoms with Crippen molar-refractivity contribution in [2.75, 3.05) is 6.54 Å². The van der Waals surface area contributed by atoms with Crippen LogP contribution in [-0.4, -0.2) is 40.5 Å². The second kappa shape index (κ2) is 2.55. The molecule has 3 heteroatoms. The maximum absolute atomic E-state index is 11.5. The van der Waals surface area contributed by atoms with Crippen LogP contribution in [0.2, 0.25) is 0 Å². The van der Waals surface area contributed by atoms with Gasteiger partial charge in [-0.3, -0.25) is 9.69 Å². The van der Waals surface area contributed by atoms with E-state index in [9.17, 15) is 9.90 Å². The molecule has 72 valence electrons. The highest BCUT2D eigenvalue weighted by Gasteiger charge is 2.48. The van der Waals surface area contributed by atoms with E-state index < -0.39 is 0 Å². The van der Waals surface area contributed by atoms with E-state index in [1.807, 2.05) is 0 Å². The maximum atomic E-state index is 11.5. The number of fused-ring (bicyclic) bond motifs is 1. The second-order valence-corrected chi connectivity index (χ2v) is 4.74. The van der Waals surface area contributed by atoms with Gasteiger partial charge in [0.1, 0.15) is 5.78 Å². The molecule has 4 rings (SSSR count). The van der Waals surface area contributed by atoms with Crippen molar-refractivity contribution in [3.63, 3.8) is 0 Å². The number of nitrogens with zero attached hydrogens (tertiary/aromatic N) is 1. The lowest BCUT2D eigenvalue weighted by Gasteiger charge is -2.53. The molecule has 2 atom stereocenters. The molecule has 13 heavy (non-hydrogen) atoms. The lowest BCUT2D eigenvalue weighted by molar-refractivity contribution is -0.144. The largest absolute Gasteiger partial charge is 0.393 e. The molecule has 4 heterocycles. The lowest BCUT2D eigenvalue weighted by atomic mass is 9.72. The maximum Gasteiger partial charge on any atom is 0.150 e. The van der Waals surface area contributed by atoms with Gasteiger partial charge in [-0.2, -0.15) is 0 Å². The Hall–Kier alpha value is -0.410. The zero-order valence-corrected chi connectivity index (χ0v) is 7.65. The third-order valence-electron chi connectivity index (χ3n) is 3.93. The number of carbonyl (C=O) groups is 1. The van der Waals surface area contributed by atoms with Crippen LogP contribution in [0.5, 0.6) is 0 Å². The molecule has 0 saturated carbocycles. The fourth-order valence-electron chi connectivity index (χ4n) is 3.34. The summed E-state index contributed by atoms with van der Waals surface area (Å²) >= 11 is 0. The molecule has 0 aromatic heterocycles. The molecule has 1 N–H and O–H groups in total. The smallest absolute Gasteiger partial charge is 0.150 e. The first kappa shape index (κ1) is 7.94. The van der Waals surface area contributed by atoms with Crippen molar-refractivity contribution in [2.45, 2.75) is 43.9 Å². The van der Waals surface area contributed by atoms with Crippen LogP contribution in [0.1, 0.15) is 25.7 Å². The van der Waals surface area contributed by atoms with Crippen LogP contribution in [0, 0.1) is 5.92 Å². The van der Waals surface area contributed by atoms with Gasteiger partial charge in [0.2, 0.25) is 0 Å². The van der Waals surface area contributed by atoms with Crippen LogP contribution in [0.25, 0.3) is 0 Å². The van der Waals surface area contributed by atoms with Gasteiger partial charge in [-0.25, -0.2) is 0 Å². The fraction of sp³-hybridized carbons (Fsp3) is 0.900. The Morgan fingerprint density at radius 3 is 2.31 bits per heavy atom. The van der Waals surface area contributed by atoms with Gasteiger partial charge in [0, 0.05) is 18.0 Å². The summed E-state index contributed by atoms with van der Waals surface area (Å²) in [5, 5.41) is 9.60. The minimum Gasteiger partial charge on any atom is -0.393 e. The van der Waals surface area contributed by atoms with Gasteiger partial charge in [0.25, 0.3) is 0 Å². The first-order chi connectivity index (χ1) is 6.24. The second-order valence-electron chi connectivity index (χ2n) is 4.74. The molecular formula is C10H15NO2. The summed E-state index contributed by atoms with van der Waals surface area (Å²) in [5.74, 6) is 0.761. The Kier molecular flexibility index (Phi) is 1.56. The molecule has 0 aromatic carbocycles. The van der Waals surface area contributed by atoms with Gasteiger partial charge in [-0.05, 0) is 25.7 Å². The predicted octanol–water partition coefficient (Wildman–Crippen LogP) is 0.173. The van der Waals surface area contributed by atoms with Gasteiger partial charge >= 0.3 is 0 Å². The van der Waals surface area contributed by atoms with Crippen molar-refractivity contribution >= 4 is 5.78 Å². The summed E-state index contributed by atoms with van der Waals surface area (Å²) in [5.41, 5.74) is 0. The molecule has 4 aliphatic rings. The van der Waals surface area contributed by atoms with Crippen LogP contribution in [0.3, 0.4) is 0 Å². The quantitative estimate of drug-likeness (QED) is 0.579. The van der Waals surface area contributed by atoms with E-state index in [0.29, 0.717) is 30.3 Å². The van der Waals surface area contributed by atoms with Gasteiger partial charge in [-0.1, -0.05) is 0 Å². The van der Waals surface area contributed by atoms with Crippen molar-refractivity contribution in [3.05, 3.63) is 0 Å². The van der Waals surface area contributed by atoms with E-state index in [1.165, 1.54) is 0 Å². The first-order valence-corrected chi connectivity index (χ1v) is 5.20. The standard InChI is InChI=1S/C10H15NO2/c12-9-3-7-1-6-2-8(4-9)11(7)5-10(6)13/h6-9,12H,1-5H2/t6?,7-,8-,9?/m1/s1. The number of piperidine rings is 4. The van der Waals surface area contributed by atoms with Crippen molar-refractivity contribution in [2.24, 2.45) is 5.92 Å². The number of carbonyl (C=O) groups excluding carboxylic acids is 1. The van der Waals surface area contributed by atoms with E-state index in [2.05, 4.69) is 4.90 Å². The third-order valence-corrected chi connectivity index (χ3v) is 3.93. The van der Waals surface area contributed by atoms with Crippen LogP contribution in [0.4, 0.5) is 0 Å². The lowest BCUT2D eigenvalue weighted by Crippen LogP contribution is -2.62. The fourth-order valence-corrected chi connectivity index (χ4v) is 3.34. The highest BCUT2D eigenvalue weighted by Crippen LogP contribution is 2.41. The number of rotatable bonds is 0. The zero-order valence-electron chi connectivity index (χ0n) is 7.65. The highest BCUT2D eigenvalue weighted by molar-refractivity contribution is 5.84. The number of ketones is 1. The van der Waals surface area contributed by atoms with Crippen molar-refractivity contribution in [1.82, 2.24) is 4.90 Å². The first-order valence-electron chi connectivity index (χ1n) is 5.20. The van der Waals surface area contributed by atoms with Crippen molar-refractivity contribution in [1.29, 1.82) is 0 Å². The molecule has 4 bridgehead atoms. The number of aliphatic hydroxyl groups is 1. The molecule has 0 aliphatic carbocycles. The number of hydrogen-bond donors (Lipinski definition) is 1. The van der Waals surface area contributed by atoms with E-state index in [4.69, 9.17) is 0 Å². The van der Waals surface area contributed by atoms with Gasteiger partial charge < -0.3 is 5.11 Å².